The van der Waals surface area contributed by atoms with Crippen molar-refractivity contribution in [2.75, 3.05) is 19.6 Å². The summed E-state index contributed by atoms with van der Waals surface area (Å²) >= 11 is 0. The first-order valence-corrected chi connectivity index (χ1v) is 12.1. The van der Waals surface area contributed by atoms with Crippen LogP contribution in [0.2, 0.25) is 0 Å². The first-order chi connectivity index (χ1) is 16.0. The summed E-state index contributed by atoms with van der Waals surface area (Å²) in [6.45, 7) is 7.89. The highest BCUT2D eigenvalue weighted by atomic mass is 16.5. The monoisotopic (exact) mass is 459 g/mol. The van der Waals surface area contributed by atoms with Crippen LogP contribution in [0.3, 0.4) is 0 Å². The van der Waals surface area contributed by atoms with E-state index in [-0.39, 0.29) is 24.3 Å². The highest BCUT2D eigenvalue weighted by Gasteiger charge is 2.38. The fourth-order valence-electron chi connectivity index (χ4n) is 4.70. The molecule has 1 aliphatic rings. The second-order valence-electron chi connectivity index (χ2n) is 8.75. The third-order valence-electron chi connectivity index (χ3n) is 6.45. The van der Waals surface area contributed by atoms with Crippen LogP contribution < -0.4 is 10.6 Å². The zero-order valence-corrected chi connectivity index (χ0v) is 20.1. The van der Waals surface area contributed by atoms with Crippen LogP contribution in [-0.4, -0.2) is 46.5 Å². The van der Waals surface area contributed by atoms with Gasteiger partial charge in [-0.2, -0.15) is 4.98 Å². The van der Waals surface area contributed by atoms with E-state index >= 15 is 0 Å². The molecular weight excluding hydrogens is 422 g/mol. The van der Waals surface area contributed by atoms with E-state index in [2.05, 4.69) is 39.5 Å². The zero-order valence-electron chi connectivity index (χ0n) is 20.1. The standard InChI is InChI=1S/C24H37N5O4/c1-4-29(5-2)19(20-11-10-16-32-20)17-25-21(31)12-13-22-26-23(28-33-22)24(27-18(3)30)14-8-6-7-9-15-24/h10-11,16,19H,4-9,12-15,17H2,1-3H3,(H,25,31)(H,27,30). The molecule has 0 saturated heterocycles. The molecule has 2 aromatic rings. The number of rotatable bonds is 11. The lowest BCUT2D eigenvalue weighted by Crippen LogP contribution is -2.45. The van der Waals surface area contributed by atoms with Gasteiger partial charge in [0.15, 0.2) is 5.82 Å². The number of nitrogens with zero attached hydrogens (tertiary/aromatic N) is 3. The summed E-state index contributed by atoms with van der Waals surface area (Å²) < 4.78 is 11.0. The first kappa shape index (κ1) is 25.0. The van der Waals surface area contributed by atoms with E-state index < -0.39 is 5.54 Å². The number of nitrogens with one attached hydrogen (secondary N) is 2. The van der Waals surface area contributed by atoms with Crippen LogP contribution in [0.1, 0.15) is 89.2 Å². The Morgan fingerprint density at radius 2 is 1.91 bits per heavy atom. The largest absolute Gasteiger partial charge is 0.468 e. The number of carbonyl (C=O) groups is 2. The molecule has 182 valence electrons. The average molecular weight is 460 g/mol. The smallest absolute Gasteiger partial charge is 0.227 e. The predicted octanol–water partition coefficient (Wildman–Crippen LogP) is 3.48. The molecule has 33 heavy (non-hydrogen) atoms. The van der Waals surface area contributed by atoms with Crippen LogP contribution in [0.5, 0.6) is 0 Å². The molecule has 9 heteroatoms. The summed E-state index contributed by atoms with van der Waals surface area (Å²) in [5.74, 6) is 1.61. The summed E-state index contributed by atoms with van der Waals surface area (Å²) in [4.78, 5) is 31.2. The summed E-state index contributed by atoms with van der Waals surface area (Å²) in [5.41, 5.74) is -0.577. The average Bonchev–Trinajstić information content (AvgIpc) is 3.45. The van der Waals surface area contributed by atoms with E-state index in [1.54, 1.807) is 6.26 Å². The minimum absolute atomic E-state index is 0.0123. The number of furan rings is 1. The van der Waals surface area contributed by atoms with Crippen molar-refractivity contribution < 1.29 is 18.5 Å². The normalized spacial score (nSPS) is 16.8. The zero-order chi connectivity index (χ0) is 23.7. The lowest BCUT2D eigenvalue weighted by Gasteiger charge is -2.30. The van der Waals surface area contributed by atoms with Gasteiger partial charge in [0.2, 0.25) is 17.7 Å². The van der Waals surface area contributed by atoms with Crippen LogP contribution in [-0.2, 0) is 21.5 Å². The fraction of sp³-hybridized carbons (Fsp3) is 0.667. The van der Waals surface area contributed by atoms with Gasteiger partial charge in [-0.15, -0.1) is 0 Å². The highest BCUT2D eigenvalue weighted by Crippen LogP contribution is 2.34. The van der Waals surface area contributed by atoms with Crippen LogP contribution in [0.15, 0.2) is 27.3 Å². The Kier molecular flexibility index (Phi) is 9.05. The Morgan fingerprint density at radius 1 is 1.18 bits per heavy atom. The molecule has 2 N–H and O–H groups in total. The van der Waals surface area contributed by atoms with Crippen molar-refractivity contribution in [3.8, 4) is 0 Å². The molecule has 1 atom stereocenters. The number of aromatic nitrogens is 2. The molecule has 1 saturated carbocycles. The lowest BCUT2D eigenvalue weighted by atomic mass is 9.89. The topological polar surface area (TPSA) is 114 Å². The molecular formula is C24H37N5O4. The van der Waals surface area contributed by atoms with Crippen LogP contribution in [0.4, 0.5) is 0 Å². The number of hydrogen-bond donors (Lipinski definition) is 2. The molecule has 2 aromatic heterocycles. The first-order valence-electron chi connectivity index (χ1n) is 12.1. The molecule has 1 fully saturated rings. The van der Waals surface area contributed by atoms with Crippen molar-refractivity contribution >= 4 is 11.8 Å². The molecule has 0 aliphatic heterocycles. The van der Waals surface area contributed by atoms with Gasteiger partial charge in [0.1, 0.15) is 11.3 Å². The van der Waals surface area contributed by atoms with Gasteiger partial charge in [-0.1, -0.05) is 44.7 Å². The Labute approximate surface area is 195 Å². The minimum Gasteiger partial charge on any atom is -0.468 e. The predicted molar refractivity (Wildman–Crippen MR) is 123 cm³/mol. The second-order valence-corrected chi connectivity index (χ2v) is 8.75. The maximum absolute atomic E-state index is 12.5. The summed E-state index contributed by atoms with van der Waals surface area (Å²) in [5, 5.41) is 10.3. The van der Waals surface area contributed by atoms with Crippen molar-refractivity contribution in [2.45, 2.75) is 83.7 Å². The number of amides is 2. The summed E-state index contributed by atoms with van der Waals surface area (Å²) in [7, 11) is 0. The fourth-order valence-corrected chi connectivity index (χ4v) is 4.70. The van der Waals surface area contributed by atoms with Crippen molar-refractivity contribution in [3.05, 3.63) is 35.9 Å². The Bertz CT molecular complexity index is 867. The molecule has 2 heterocycles. The second kappa shape index (κ2) is 12.0. The van der Waals surface area contributed by atoms with Crippen molar-refractivity contribution in [2.24, 2.45) is 0 Å². The van der Waals surface area contributed by atoms with Gasteiger partial charge in [0.25, 0.3) is 0 Å². The van der Waals surface area contributed by atoms with Crippen molar-refractivity contribution in [1.82, 2.24) is 25.7 Å². The van der Waals surface area contributed by atoms with E-state index in [9.17, 15) is 9.59 Å². The Balaban J connectivity index is 1.57. The lowest BCUT2D eigenvalue weighted by molar-refractivity contribution is -0.122. The molecule has 9 nitrogen and oxygen atoms in total. The Morgan fingerprint density at radius 3 is 2.52 bits per heavy atom. The van der Waals surface area contributed by atoms with E-state index in [1.165, 1.54) is 6.92 Å². The summed E-state index contributed by atoms with van der Waals surface area (Å²) in [6, 6.07) is 3.79. The van der Waals surface area contributed by atoms with E-state index in [1.807, 2.05) is 12.1 Å². The number of aryl methyl sites for hydroxylation is 1. The van der Waals surface area contributed by atoms with Gasteiger partial charge in [-0.3, -0.25) is 14.5 Å². The SMILES string of the molecule is CCN(CC)C(CNC(=O)CCc1nc(C2(NC(C)=O)CCCCCC2)no1)c1ccco1. The molecule has 0 bridgehead atoms. The van der Waals surface area contributed by atoms with Gasteiger partial charge >= 0.3 is 0 Å². The van der Waals surface area contributed by atoms with E-state index in [4.69, 9.17) is 8.94 Å². The quantitative estimate of drug-likeness (QED) is 0.495. The van der Waals surface area contributed by atoms with Crippen molar-refractivity contribution in [1.29, 1.82) is 0 Å². The minimum atomic E-state index is -0.577. The molecule has 3 rings (SSSR count). The van der Waals surface area contributed by atoms with Gasteiger partial charge in [-0.05, 0) is 38.1 Å². The number of likely N-dealkylation sites (N-methyl/N-ethyl adjacent to an activating group) is 1. The van der Waals surface area contributed by atoms with Crippen molar-refractivity contribution in [3.63, 3.8) is 0 Å². The maximum Gasteiger partial charge on any atom is 0.227 e. The van der Waals surface area contributed by atoms with Gasteiger partial charge in [-0.25, -0.2) is 0 Å². The number of carbonyl (C=O) groups excluding carboxylic acids is 2. The molecule has 0 radical (unpaired) electrons. The molecule has 1 aliphatic carbocycles. The van der Waals surface area contributed by atoms with Crippen LogP contribution >= 0.6 is 0 Å². The molecule has 0 aromatic carbocycles. The van der Waals surface area contributed by atoms with Gasteiger partial charge in [0.05, 0.1) is 12.3 Å². The molecule has 1 unspecified atom stereocenters. The van der Waals surface area contributed by atoms with Crippen LogP contribution in [0, 0.1) is 0 Å². The highest BCUT2D eigenvalue weighted by molar-refractivity contribution is 5.76. The maximum atomic E-state index is 12.5. The van der Waals surface area contributed by atoms with Gasteiger partial charge in [0, 0.05) is 26.3 Å². The van der Waals surface area contributed by atoms with E-state index in [0.29, 0.717) is 24.7 Å². The third kappa shape index (κ3) is 6.66. The van der Waals surface area contributed by atoms with Crippen LogP contribution in [0.25, 0.3) is 0 Å². The molecule has 0 spiro atoms. The third-order valence-corrected chi connectivity index (χ3v) is 6.45. The van der Waals surface area contributed by atoms with E-state index in [0.717, 1.165) is 57.4 Å². The molecule has 2 amide bonds. The Hall–Kier alpha value is -2.68. The van der Waals surface area contributed by atoms with Gasteiger partial charge < -0.3 is 19.6 Å². The number of hydrogen-bond acceptors (Lipinski definition) is 7. The summed E-state index contributed by atoms with van der Waals surface area (Å²) in [6.07, 6.45) is 8.15.